The number of hydrogen-bond acceptors (Lipinski definition) is 8. The smallest absolute Gasteiger partial charge is 0.355 e. The van der Waals surface area contributed by atoms with Crippen LogP contribution in [0.3, 0.4) is 0 Å². The molecule has 0 fully saturated rings. The van der Waals surface area contributed by atoms with E-state index in [1.807, 2.05) is 0 Å². The first-order valence-corrected chi connectivity index (χ1v) is 9.48. The van der Waals surface area contributed by atoms with Crippen molar-refractivity contribution in [3.63, 3.8) is 0 Å². The zero-order valence-corrected chi connectivity index (χ0v) is 16.5. The third-order valence-electron chi connectivity index (χ3n) is 3.71. The van der Waals surface area contributed by atoms with Crippen molar-refractivity contribution in [2.75, 3.05) is 24.4 Å². The fraction of sp³-hybridized carbons (Fsp3) is 0.167. The van der Waals surface area contributed by atoms with E-state index < -0.39 is 32.9 Å². The van der Waals surface area contributed by atoms with Gasteiger partial charge in [0, 0.05) is 18.8 Å². The van der Waals surface area contributed by atoms with E-state index >= 15 is 0 Å². The molecule has 0 atom stereocenters. The number of carbonyl (C=O) groups is 3. The molecule has 1 heterocycles. The first kappa shape index (κ1) is 21.9. The lowest BCUT2D eigenvalue weighted by Gasteiger charge is -2.25. The Morgan fingerprint density at radius 1 is 1.07 bits per heavy atom. The van der Waals surface area contributed by atoms with Crippen LogP contribution >= 0.6 is 0 Å². The van der Waals surface area contributed by atoms with Crippen molar-refractivity contribution < 1.29 is 36.8 Å². The number of anilines is 2. The Hall–Kier alpha value is -3.44. The largest absolute Gasteiger partial charge is 0.465 e. The summed E-state index contributed by atoms with van der Waals surface area (Å²) in [4.78, 5) is 36.5. The molecule has 10 nitrogen and oxygen atoms in total. The number of allylic oxidation sites excluding steroid dienone is 2. The van der Waals surface area contributed by atoms with Crippen molar-refractivity contribution in [3.05, 3.63) is 53.9 Å². The number of rotatable bonds is 5. The van der Waals surface area contributed by atoms with Crippen LogP contribution in [0, 0.1) is 0 Å². The average molecular weight is 422 g/mol. The summed E-state index contributed by atoms with van der Waals surface area (Å²) in [5, 5.41) is 2.48. The Morgan fingerprint density at radius 3 is 2.28 bits per heavy atom. The lowest BCUT2D eigenvalue weighted by molar-refractivity contribution is -0.139. The van der Waals surface area contributed by atoms with Crippen LogP contribution in [0.1, 0.15) is 6.92 Å². The maximum atomic E-state index is 12.5. The van der Waals surface area contributed by atoms with Gasteiger partial charge in [-0.2, -0.15) is 8.42 Å². The van der Waals surface area contributed by atoms with Gasteiger partial charge in [-0.05, 0) is 30.4 Å². The topological polar surface area (TPSA) is 139 Å². The van der Waals surface area contributed by atoms with Gasteiger partial charge in [0.15, 0.2) is 0 Å². The van der Waals surface area contributed by atoms with Crippen LogP contribution in [0.5, 0.6) is 0 Å². The summed E-state index contributed by atoms with van der Waals surface area (Å²) in [6.07, 6.45) is 5.44. The molecule has 0 unspecified atom stereocenters. The number of amides is 1. The van der Waals surface area contributed by atoms with Gasteiger partial charge in [0.1, 0.15) is 10.6 Å². The molecule has 2 rings (SSSR count). The minimum absolute atomic E-state index is 0.189. The number of hydrogen-bond donors (Lipinski definition) is 2. The standard InChI is InChI=1S/C18H18N2O8S/c1-11(21)19-12-7-8-15(29(24,25)26)14(10-12)20-9-5-4-6-13(17(22)27-2)16(20)18(23)28-3/h4-10H,1-3H3,(H,19,21)(H,24,25,26). The van der Waals surface area contributed by atoms with Gasteiger partial charge in [0.25, 0.3) is 10.1 Å². The first-order chi connectivity index (χ1) is 13.6. The molecular formula is C18H18N2O8S. The number of carbonyl (C=O) groups excluding carboxylic acids is 3. The SMILES string of the molecule is COC(=O)C1=C(C(=O)OC)N(c2cc(NC(C)=O)ccc2S(=O)(=O)O)C=CC=C1. The predicted octanol–water partition coefficient (Wildman–Crippen LogP) is 1.38. The van der Waals surface area contributed by atoms with E-state index in [9.17, 15) is 27.4 Å². The minimum atomic E-state index is -4.74. The second kappa shape index (κ2) is 8.71. The number of methoxy groups -OCH3 is 2. The highest BCUT2D eigenvalue weighted by Gasteiger charge is 2.30. The molecule has 11 heteroatoms. The first-order valence-electron chi connectivity index (χ1n) is 8.04. The van der Waals surface area contributed by atoms with Gasteiger partial charge < -0.3 is 19.7 Å². The highest BCUT2D eigenvalue weighted by molar-refractivity contribution is 7.86. The van der Waals surface area contributed by atoms with Crippen LogP contribution in [0.2, 0.25) is 0 Å². The van der Waals surface area contributed by atoms with Crippen LogP contribution < -0.4 is 10.2 Å². The molecule has 0 radical (unpaired) electrons. The average Bonchev–Trinajstić information content (AvgIpc) is 2.88. The Bertz CT molecular complexity index is 1050. The molecule has 2 N–H and O–H groups in total. The quantitative estimate of drug-likeness (QED) is 0.532. The monoisotopic (exact) mass is 422 g/mol. The van der Waals surface area contributed by atoms with Crippen molar-refractivity contribution in [2.24, 2.45) is 0 Å². The number of nitrogens with zero attached hydrogens (tertiary/aromatic N) is 1. The number of ether oxygens (including phenoxy) is 2. The Morgan fingerprint density at radius 2 is 1.72 bits per heavy atom. The minimum Gasteiger partial charge on any atom is -0.465 e. The summed E-state index contributed by atoms with van der Waals surface area (Å²) < 4.78 is 42.9. The molecule has 1 aromatic rings. The van der Waals surface area contributed by atoms with Gasteiger partial charge in [0.05, 0.1) is 25.5 Å². The summed E-state index contributed by atoms with van der Waals surface area (Å²) >= 11 is 0. The highest BCUT2D eigenvalue weighted by atomic mass is 32.2. The van der Waals surface area contributed by atoms with Crippen molar-refractivity contribution in [2.45, 2.75) is 11.8 Å². The van der Waals surface area contributed by atoms with E-state index in [1.54, 1.807) is 0 Å². The third-order valence-corrected chi connectivity index (χ3v) is 4.61. The normalized spacial score (nSPS) is 13.7. The van der Waals surface area contributed by atoms with E-state index in [0.717, 1.165) is 25.2 Å². The van der Waals surface area contributed by atoms with Crippen molar-refractivity contribution >= 4 is 39.3 Å². The van der Waals surface area contributed by atoms with E-state index in [4.69, 9.17) is 9.47 Å². The maximum absolute atomic E-state index is 12.5. The fourth-order valence-electron chi connectivity index (χ4n) is 2.56. The van der Waals surface area contributed by atoms with Crippen LogP contribution in [-0.2, 0) is 34.0 Å². The number of esters is 2. The van der Waals surface area contributed by atoms with E-state index in [0.29, 0.717) is 0 Å². The van der Waals surface area contributed by atoms with Crippen LogP contribution in [0.4, 0.5) is 11.4 Å². The van der Waals surface area contributed by atoms with E-state index in [-0.39, 0.29) is 22.6 Å². The molecule has 0 bridgehead atoms. The third kappa shape index (κ3) is 4.89. The highest BCUT2D eigenvalue weighted by Crippen LogP contribution is 2.34. The maximum Gasteiger partial charge on any atom is 0.355 e. The van der Waals surface area contributed by atoms with Crippen LogP contribution in [0.15, 0.2) is 58.8 Å². The fourth-order valence-corrected chi connectivity index (χ4v) is 3.22. The zero-order chi connectivity index (χ0) is 21.8. The lowest BCUT2D eigenvalue weighted by Crippen LogP contribution is -2.28. The molecule has 0 saturated heterocycles. The second-order valence-corrected chi connectivity index (χ2v) is 7.04. The van der Waals surface area contributed by atoms with Crippen molar-refractivity contribution in [1.82, 2.24) is 0 Å². The summed E-state index contributed by atoms with van der Waals surface area (Å²) in [5.41, 5.74) is -0.584. The molecule has 0 saturated carbocycles. The van der Waals surface area contributed by atoms with E-state index in [1.165, 1.54) is 43.5 Å². The zero-order valence-electron chi connectivity index (χ0n) is 15.7. The second-order valence-electron chi connectivity index (χ2n) is 5.65. The molecular weight excluding hydrogens is 404 g/mol. The predicted molar refractivity (Wildman–Crippen MR) is 102 cm³/mol. The summed E-state index contributed by atoms with van der Waals surface area (Å²) in [7, 11) is -2.54. The molecule has 0 spiro atoms. The van der Waals surface area contributed by atoms with Crippen molar-refractivity contribution in [1.29, 1.82) is 0 Å². The Kier molecular flexibility index (Phi) is 6.56. The van der Waals surface area contributed by atoms with Gasteiger partial charge in [-0.25, -0.2) is 9.59 Å². The Labute approximate surface area is 166 Å². The number of nitrogens with one attached hydrogen (secondary N) is 1. The summed E-state index contributed by atoms with van der Waals surface area (Å²) in [5.74, 6) is -2.27. The van der Waals surface area contributed by atoms with E-state index in [2.05, 4.69) is 5.32 Å². The van der Waals surface area contributed by atoms with Gasteiger partial charge >= 0.3 is 11.9 Å². The van der Waals surface area contributed by atoms with Crippen LogP contribution in [0.25, 0.3) is 0 Å². The van der Waals surface area contributed by atoms with Gasteiger partial charge in [-0.15, -0.1) is 0 Å². The molecule has 1 amide bonds. The molecule has 154 valence electrons. The van der Waals surface area contributed by atoms with Gasteiger partial charge in [-0.3, -0.25) is 9.35 Å². The molecule has 1 aliphatic rings. The molecule has 1 aliphatic heterocycles. The molecule has 29 heavy (non-hydrogen) atoms. The molecule has 0 aliphatic carbocycles. The molecule has 0 aromatic heterocycles. The van der Waals surface area contributed by atoms with Gasteiger partial charge in [-0.1, -0.05) is 6.08 Å². The lowest BCUT2D eigenvalue weighted by atomic mass is 10.1. The summed E-state index contributed by atoms with van der Waals surface area (Å²) in [6.45, 7) is 1.25. The van der Waals surface area contributed by atoms with Gasteiger partial charge in [0.2, 0.25) is 5.91 Å². The Balaban J connectivity index is 2.85. The van der Waals surface area contributed by atoms with Crippen molar-refractivity contribution in [3.8, 4) is 0 Å². The summed E-state index contributed by atoms with van der Waals surface area (Å²) in [6, 6.07) is 3.53. The number of benzene rings is 1. The van der Waals surface area contributed by atoms with Crippen LogP contribution in [-0.4, -0.2) is 45.0 Å². The molecule has 1 aromatic carbocycles.